The van der Waals surface area contributed by atoms with E-state index in [2.05, 4.69) is 4.98 Å². The molecule has 2 rings (SSSR count). The summed E-state index contributed by atoms with van der Waals surface area (Å²) in [4.78, 5) is 28.0. The number of anilines is 1. The van der Waals surface area contributed by atoms with Gasteiger partial charge in [-0.15, -0.1) is 0 Å². The van der Waals surface area contributed by atoms with Crippen LogP contribution >= 0.6 is 34.4 Å². The van der Waals surface area contributed by atoms with Gasteiger partial charge in [0.1, 0.15) is 5.82 Å². The number of thioether (sulfide) groups is 1. The van der Waals surface area contributed by atoms with E-state index in [1.165, 1.54) is 11.8 Å². The first-order valence-corrected chi connectivity index (χ1v) is 7.23. The van der Waals surface area contributed by atoms with E-state index in [-0.39, 0.29) is 16.3 Å². The van der Waals surface area contributed by atoms with Crippen molar-refractivity contribution in [1.82, 2.24) is 4.98 Å². The van der Waals surface area contributed by atoms with Gasteiger partial charge in [0.05, 0.1) is 3.57 Å². The molecule has 4 nitrogen and oxygen atoms in total. The monoisotopic (exact) mass is 380 g/mol. The normalized spacial score (nSPS) is 19.4. The van der Waals surface area contributed by atoms with E-state index in [1.807, 2.05) is 22.6 Å². The Labute approximate surface area is 121 Å². The number of pyridine rings is 1. The number of carbonyl (C=O) groups excluding carboxylic acids is 2. The number of hydrogen-bond donors (Lipinski definition) is 0. The maximum atomic E-state index is 13.4. The molecule has 1 atom stereocenters. The van der Waals surface area contributed by atoms with E-state index in [9.17, 15) is 14.0 Å². The fraction of sp³-hybridized carbons (Fsp3) is 0.364. The molecule has 1 saturated heterocycles. The van der Waals surface area contributed by atoms with Gasteiger partial charge >= 0.3 is 0 Å². The number of nitrogens with zero attached hydrogens (tertiary/aromatic N) is 2. The van der Waals surface area contributed by atoms with Crippen molar-refractivity contribution in [3.8, 4) is 0 Å². The molecule has 0 saturated carbocycles. The van der Waals surface area contributed by atoms with Gasteiger partial charge in [0, 0.05) is 25.1 Å². The highest BCUT2D eigenvalue weighted by atomic mass is 127. The first-order chi connectivity index (χ1) is 8.47. The molecule has 0 bridgehead atoms. The lowest BCUT2D eigenvalue weighted by Gasteiger charge is -2.15. The smallest absolute Gasteiger partial charge is 0.229 e. The van der Waals surface area contributed by atoms with Gasteiger partial charge in [-0.2, -0.15) is 4.39 Å². The molecule has 1 aliphatic heterocycles. The molecule has 1 unspecified atom stereocenters. The van der Waals surface area contributed by atoms with Gasteiger partial charge < -0.3 is 0 Å². The fourth-order valence-electron chi connectivity index (χ4n) is 1.77. The van der Waals surface area contributed by atoms with Crippen molar-refractivity contribution in [2.75, 3.05) is 11.4 Å². The summed E-state index contributed by atoms with van der Waals surface area (Å²) in [5, 5.41) is -0.0875. The van der Waals surface area contributed by atoms with Gasteiger partial charge in [0.15, 0.2) is 5.12 Å². The molecule has 0 spiro atoms. The van der Waals surface area contributed by atoms with Crippen LogP contribution in [0.15, 0.2) is 12.1 Å². The third kappa shape index (κ3) is 3.00. The Morgan fingerprint density at radius 3 is 2.94 bits per heavy atom. The van der Waals surface area contributed by atoms with E-state index in [1.54, 1.807) is 12.1 Å². The molecule has 1 amide bonds. The summed E-state index contributed by atoms with van der Waals surface area (Å²) >= 11 is 2.99. The average molecular weight is 380 g/mol. The van der Waals surface area contributed by atoms with Gasteiger partial charge in [-0.1, -0.05) is 11.8 Å². The highest BCUT2D eigenvalue weighted by Gasteiger charge is 2.32. The number of aromatic nitrogens is 1. The Morgan fingerprint density at radius 1 is 1.61 bits per heavy atom. The first kappa shape index (κ1) is 13.7. The Morgan fingerprint density at radius 2 is 2.33 bits per heavy atom. The molecule has 2 heterocycles. The van der Waals surface area contributed by atoms with Crippen molar-refractivity contribution in [3.63, 3.8) is 0 Å². The number of amides is 1. The molecule has 1 fully saturated rings. The third-order valence-electron chi connectivity index (χ3n) is 2.49. The second kappa shape index (κ2) is 5.52. The quantitative estimate of drug-likeness (QED) is 0.583. The summed E-state index contributed by atoms with van der Waals surface area (Å²) < 4.78 is 13.8. The predicted octanol–water partition coefficient (Wildman–Crippen LogP) is 2.21. The zero-order valence-corrected chi connectivity index (χ0v) is 12.5. The van der Waals surface area contributed by atoms with Crippen LogP contribution in [0.5, 0.6) is 0 Å². The topological polar surface area (TPSA) is 50.3 Å². The number of hydrogen-bond acceptors (Lipinski definition) is 4. The maximum Gasteiger partial charge on any atom is 0.229 e. The largest absolute Gasteiger partial charge is 0.296 e. The molecule has 18 heavy (non-hydrogen) atoms. The Balaban J connectivity index is 2.16. The summed E-state index contributed by atoms with van der Waals surface area (Å²) in [5.74, 6) is -0.394. The zero-order valence-electron chi connectivity index (χ0n) is 9.52. The van der Waals surface area contributed by atoms with Crippen LogP contribution < -0.4 is 4.90 Å². The van der Waals surface area contributed by atoms with Crippen molar-refractivity contribution < 1.29 is 14.0 Å². The zero-order chi connectivity index (χ0) is 13.3. The first-order valence-electron chi connectivity index (χ1n) is 5.27. The molecular formula is C11H10FIN2O2S. The SMILES string of the molecule is CC(=O)SC1CC(=O)N(c2ccc(I)c(F)n2)C1. The Hall–Kier alpha value is -0.700. The van der Waals surface area contributed by atoms with Gasteiger partial charge in [0.25, 0.3) is 0 Å². The molecule has 1 aromatic rings. The van der Waals surface area contributed by atoms with Crippen LogP contribution in [0, 0.1) is 9.52 Å². The molecule has 1 aliphatic rings. The second-order valence-corrected chi connectivity index (χ2v) is 6.52. The number of halogens is 2. The fourth-order valence-corrected chi connectivity index (χ4v) is 2.99. The number of carbonyl (C=O) groups is 2. The van der Waals surface area contributed by atoms with E-state index in [4.69, 9.17) is 0 Å². The van der Waals surface area contributed by atoms with Crippen LogP contribution in [0.25, 0.3) is 0 Å². The summed E-state index contributed by atoms with van der Waals surface area (Å²) in [7, 11) is 0. The van der Waals surface area contributed by atoms with Crippen LogP contribution in [0.4, 0.5) is 10.2 Å². The Kier molecular flexibility index (Phi) is 4.21. The Bertz CT molecular complexity index is 512. The summed E-state index contributed by atoms with van der Waals surface area (Å²) in [6.45, 7) is 1.87. The molecule has 0 aliphatic carbocycles. The lowest BCUT2D eigenvalue weighted by atomic mass is 10.4. The standard InChI is InChI=1S/C11H10FIN2O2S/c1-6(16)18-7-4-10(17)15(5-7)9-3-2-8(13)11(12)14-9/h2-3,7H,4-5H2,1H3. The molecule has 0 N–H and O–H groups in total. The minimum atomic E-state index is -0.580. The van der Waals surface area contributed by atoms with Crippen molar-refractivity contribution in [2.45, 2.75) is 18.6 Å². The lowest BCUT2D eigenvalue weighted by molar-refractivity contribution is -0.117. The third-order valence-corrected chi connectivity index (χ3v) is 4.27. The van der Waals surface area contributed by atoms with Crippen molar-refractivity contribution in [3.05, 3.63) is 21.7 Å². The maximum absolute atomic E-state index is 13.4. The molecule has 0 aromatic carbocycles. The van der Waals surface area contributed by atoms with Crippen LogP contribution in [-0.4, -0.2) is 27.8 Å². The van der Waals surface area contributed by atoms with Crippen LogP contribution in [0.2, 0.25) is 0 Å². The van der Waals surface area contributed by atoms with Crippen molar-refractivity contribution >= 4 is 51.2 Å². The van der Waals surface area contributed by atoms with Crippen molar-refractivity contribution in [1.29, 1.82) is 0 Å². The van der Waals surface area contributed by atoms with Gasteiger partial charge in [0.2, 0.25) is 11.9 Å². The summed E-state index contributed by atoms with van der Waals surface area (Å²) in [6.07, 6.45) is 0.291. The number of rotatable bonds is 2. The summed E-state index contributed by atoms with van der Waals surface area (Å²) in [5.41, 5.74) is 0. The summed E-state index contributed by atoms with van der Waals surface area (Å²) in [6, 6.07) is 3.19. The van der Waals surface area contributed by atoms with E-state index in [0.717, 1.165) is 11.8 Å². The van der Waals surface area contributed by atoms with Crippen LogP contribution in [-0.2, 0) is 9.59 Å². The van der Waals surface area contributed by atoms with E-state index in [0.29, 0.717) is 22.4 Å². The van der Waals surface area contributed by atoms with E-state index < -0.39 is 5.95 Å². The minimum absolute atomic E-state index is 0.0172. The molecule has 1 aromatic heterocycles. The molecule has 96 valence electrons. The van der Waals surface area contributed by atoms with Crippen LogP contribution in [0.3, 0.4) is 0 Å². The van der Waals surface area contributed by atoms with Gasteiger partial charge in [-0.25, -0.2) is 4.98 Å². The highest BCUT2D eigenvalue weighted by Crippen LogP contribution is 2.28. The highest BCUT2D eigenvalue weighted by molar-refractivity contribution is 14.1. The van der Waals surface area contributed by atoms with Crippen LogP contribution in [0.1, 0.15) is 13.3 Å². The minimum Gasteiger partial charge on any atom is -0.296 e. The molecule has 7 heteroatoms. The molecular weight excluding hydrogens is 370 g/mol. The van der Waals surface area contributed by atoms with Gasteiger partial charge in [-0.3, -0.25) is 14.5 Å². The van der Waals surface area contributed by atoms with Gasteiger partial charge in [-0.05, 0) is 34.7 Å². The molecule has 0 radical (unpaired) electrons. The lowest BCUT2D eigenvalue weighted by Crippen LogP contribution is -2.26. The second-order valence-electron chi connectivity index (χ2n) is 3.88. The van der Waals surface area contributed by atoms with E-state index >= 15 is 0 Å². The predicted molar refractivity (Wildman–Crippen MR) is 75.9 cm³/mol. The average Bonchev–Trinajstić information content (AvgIpc) is 2.62. The van der Waals surface area contributed by atoms with Crippen molar-refractivity contribution in [2.24, 2.45) is 0 Å².